The van der Waals surface area contributed by atoms with Crippen molar-refractivity contribution in [3.8, 4) is 5.75 Å². The van der Waals surface area contributed by atoms with E-state index in [1.807, 2.05) is 18.2 Å². The van der Waals surface area contributed by atoms with Crippen LogP contribution in [0.5, 0.6) is 5.75 Å². The first-order chi connectivity index (χ1) is 9.79. The molecule has 2 aromatic rings. The van der Waals surface area contributed by atoms with E-state index in [0.29, 0.717) is 18.4 Å². The fourth-order valence-corrected chi connectivity index (χ4v) is 3.53. The van der Waals surface area contributed by atoms with Crippen LogP contribution in [0.25, 0.3) is 0 Å². The van der Waals surface area contributed by atoms with Crippen LogP contribution in [0.2, 0.25) is 0 Å². The van der Waals surface area contributed by atoms with Crippen LogP contribution in [-0.4, -0.2) is 13.2 Å². The molecule has 0 spiro atoms. The molecule has 104 valence electrons. The quantitative estimate of drug-likeness (QED) is 0.916. The Morgan fingerprint density at radius 1 is 1.15 bits per heavy atom. The predicted octanol–water partition coefficient (Wildman–Crippen LogP) is 4.06. The van der Waals surface area contributed by atoms with Gasteiger partial charge in [-0.1, -0.05) is 52.3 Å². The molecule has 0 bridgehead atoms. The number of fused-ring (bicyclic) bond motifs is 1. The second kappa shape index (κ2) is 5.98. The van der Waals surface area contributed by atoms with Gasteiger partial charge in [-0.3, -0.25) is 0 Å². The molecule has 2 N–H and O–H groups in total. The van der Waals surface area contributed by atoms with Crippen LogP contribution in [0.15, 0.2) is 53.0 Å². The van der Waals surface area contributed by atoms with Gasteiger partial charge in [-0.25, -0.2) is 0 Å². The molecule has 1 heterocycles. The minimum Gasteiger partial charge on any atom is -0.493 e. The van der Waals surface area contributed by atoms with Crippen molar-refractivity contribution in [3.63, 3.8) is 0 Å². The number of ether oxygens (including phenoxy) is 1. The van der Waals surface area contributed by atoms with E-state index in [-0.39, 0.29) is 0 Å². The lowest BCUT2D eigenvalue weighted by Gasteiger charge is -2.20. The third-order valence-corrected chi connectivity index (χ3v) is 4.72. The van der Waals surface area contributed by atoms with Crippen molar-refractivity contribution >= 4 is 15.9 Å². The molecule has 2 nitrogen and oxygen atoms in total. The SMILES string of the molecule is NCC(CC1COc2ccccc21)c1ccccc1Br. The maximum absolute atomic E-state index is 6.01. The second-order valence-corrected chi connectivity index (χ2v) is 6.09. The Morgan fingerprint density at radius 2 is 1.90 bits per heavy atom. The summed E-state index contributed by atoms with van der Waals surface area (Å²) in [7, 11) is 0. The van der Waals surface area contributed by atoms with Crippen molar-refractivity contribution < 1.29 is 4.74 Å². The molecular formula is C17H18BrNO. The highest BCUT2D eigenvalue weighted by atomic mass is 79.9. The van der Waals surface area contributed by atoms with E-state index in [0.717, 1.165) is 23.2 Å². The highest BCUT2D eigenvalue weighted by molar-refractivity contribution is 9.10. The lowest BCUT2D eigenvalue weighted by Crippen LogP contribution is -2.17. The molecule has 0 saturated heterocycles. The molecule has 1 aliphatic rings. The minimum absolute atomic E-state index is 0.352. The van der Waals surface area contributed by atoms with Crippen molar-refractivity contribution in [2.75, 3.05) is 13.2 Å². The maximum Gasteiger partial charge on any atom is 0.122 e. The van der Waals surface area contributed by atoms with Crippen molar-refractivity contribution in [2.45, 2.75) is 18.3 Å². The summed E-state index contributed by atoms with van der Waals surface area (Å²) >= 11 is 3.63. The normalized spacial score (nSPS) is 18.4. The smallest absolute Gasteiger partial charge is 0.122 e. The van der Waals surface area contributed by atoms with Crippen molar-refractivity contribution in [1.82, 2.24) is 0 Å². The third kappa shape index (κ3) is 2.60. The molecule has 2 unspecified atom stereocenters. The van der Waals surface area contributed by atoms with Crippen molar-refractivity contribution in [3.05, 3.63) is 64.1 Å². The van der Waals surface area contributed by atoms with Crippen LogP contribution in [-0.2, 0) is 0 Å². The first-order valence-electron chi connectivity index (χ1n) is 6.96. The van der Waals surface area contributed by atoms with Gasteiger partial charge in [0.15, 0.2) is 0 Å². The third-order valence-electron chi connectivity index (χ3n) is 4.00. The Hall–Kier alpha value is -1.32. The van der Waals surface area contributed by atoms with Crippen LogP contribution in [0.4, 0.5) is 0 Å². The largest absolute Gasteiger partial charge is 0.493 e. The molecule has 3 rings (SSSR count). The van der Waals surface area contributed by atoms with E-state index < -0.39 is 0 Å². The zero-order chi connectivity index (χ0) is 13.9. The summed E-state index contributed by atoms with van der Waals surface area (Å²) in [5, 5.41) is 0. The Balaban J connectivity index is 1.82. The van der Waals surface area contributed by atoms with E-state index in [9.17, 15) is 0 Å². The summed E-state index contributed by atoms with van der Waals surface area (Å²) < 4.78 is 6.91. The fraction of sp³-hybridized carbons (Fsp3) is 0.294. The Morgan fingerprint density at radius 3 is 2.70 bits per heavy atom. The zero-order valence-corrected chi connectivity index (χ0v) is 12.8. The molecule has 1 aliphatic heterocycles. The number of hydrogen-bond acceptors (Lipinski definition) is 2. The average molecular weight is 332 g/mol. The number of halogens is 1. The monoisotopic (exact) mass is 331 g/mol. The summed E-state index contributed by atoms with van der Waals surface area (Å²) in [5.41, 5.74) is 8.62. The van der Waals surface area contributed by atoms with Crippen LogP contribution >= 0.6 is 15.9 Å². The fourth-order valence-electron chi connectivity index (χ4n) is 2.92. The molecule has 3 heteroatoms. The van der Waals surface area contributed by atoms with Gasteiger partial charge < -0.3 is 10.5 Å². The first kappa shape index (κ1) is 13.7. The molecule has 0 radical (unpaired) electrons. The molecule has 0 saturated carbocycles. The van der Waals surface area contributed by atoms with Gasteiger partial charge in [-0.15, -0.1) is 0 Å². The Kier molecular flexibility index (Phi) is 4.08. The Labute approximate surface area is 128 Å². The minimum atomic E-state index is 0.352. The van der Waals surface area contributed by atoms with E-state index in [2.05, 4.69) is 46.3 Å². The number of para-hydroxylation sites is 1. The topological polar surface area (TPSA) is 35.2 Å². The molecule has 20 heavy (non-hydrogen) atoms. The number of nitrogens with two attached hydrogens (primary N) is 1. The summed E-state index contributed by atoms with van der Waals surface area (Å²) in [6.07, 6.45) is 1.02. The molecule has 0 aliphatic carbocycles. The lowest BCUT2D eigenvalue weighted by atomic mass is 9.86. The number of rotatable bonds is 4. The predicted molar refractivity (Wildman–Crippen MR) is 85.2 cm³/mol. The first-order valence-corrected chi connectivity index (χ1v) is 7.75. The molecule has 0 fully saturated rings. The lowest BCUT2D eigenvalue weighted by molar-refractivity contribution is 0.318. The van der Waals surface area contributed by atoms with Crippen molar-refractivity contribution in [2.24, 2.45) is 5.73 Å². The van der Waals surface area contributed by atoms with Gasteiger partial charge in [-0.05, 0) is 36.6 Å². The van der Waals surface area contributed by atoms with Gasteiger partial charge in [0.05, 0.1) is 6.61 Å². The van der Waals surface area contributed by atoms with E-state index in [1.165, 1.54) is 11.1 Å². The summed E-state index contributed by atoms with van der Waals surface area (Å²) in [6, 6.07) is 16.7. The maximum atomic E-state index is 6.01. The zero-order valence-electron chi connectivity index (χ0n) is 11.3. The Bertz CT molecular complexity index is 599. The molecule has 2 aromatic carbocycles. The van der Waals surface area contributed by atoms with Crippen LogP contribution in [0.3, 0.4) is 0 Å². The van der Waals surface area contributed by atoms with Gasteiger partial charge in [0.1, 0.15) is 5.75 Å². The van der Waals surface area contributed by atoms with E-state index >= 15 is 0 Å². The molecule has 0 amide bonds. The summed E-state index contributed by atoms with van der Waals surface area (Å²) in [4.78, 5) is 0. The molecule has 0 aromatic heterocycles. The summed E-state index contributed by atoms with van der Waals surface area (Å²) in [6.45, 7) is 1.42. The summed E-state index contributed by atoms with van der Waals surface area (Å²) in [5.74, 6) is 1.82. The van der Waals surface area contributed by atoms with Gasteiger partial charge >= 0.3 is 0 Å². The van der Waals surface area contributed by atoms with Gasteiger partial charge in [0, 0.05) is 16.0 Å². The van der Waals surface area contributed by atoms with Gasteiger partial charge in [0.2, 0.25) is 0 Å². The van der Waals surface area contributed by atoms with Crippen LogP contribution < -0.4 is 10.5 Å². The average Bonchev–Trinajstić information content (AvgIpc) is 2.89. The highest BCUT2D eigenvalue weighted by Crippen LogP contribution is 2.40. The number of hydrogen-bond donors (Lipinski definition) is 1. The van der Waals surface area contributed by atoms with E-state index in [4.69, 9.17) is 10.5 Å². The number of benzene rings is 2. The standard InChI is InChI=1S/C17H18BrNO/c18-16-7-3-1-5-14(16)12(10-19)9-13-11-20-17-8-4-2-6-15(13)17/h1-8,12-13H,9-11,19H2. The molecule has 2 atom stereocenters. The second-order valence-electron chi connectivity index (χ2n) is 5.24. The van der Waals surface area contributed by atoms with E-state index in [1.54, 1.807) is 0 Å². The van der Waals surface area contributed by atoms with Crippen LogP contribution in [0, 0.1) is 0 Å². The molecular weight excluding hydrogens is 314 g/mol. The van der Waals surface area contributed by atoms with Gasteiger partial charge in [0.25, 0.3) is 0 Å². The van der Waals surface area contributed by atoms with Crippen LogP contribution in [0.1, 0.15) is 29.4 Å². The highest BCUT2D eigenvalue weighted by Gasteiger charge is 2.27. The van der Waals surface area contributed by atoms with Crippen molar-refractivity contribution in [1.29, 1.82) is 0 Å². The van der Waals surface area contributed by atoms with Gasteiger partial charge in [-0.2, -0.15) is 0 Å².